The normalized spacial score (nSPS) is 38.6. The van der Waals surface area contributed by atoms with E-state index in [1.165, 1.54) is 0 Å². The molecule has 5 nitrogen and oxygen atoms in total. The van der Waals surface area contributed by atoms with E-state index in [0.29, 0.717) is 6.61 Å². The summed E-state index contributed by atoms with van der Waals surface area (Å²) in [6, 6.07) is 0. The molecule has 0 radical (unpaired) electrons. The second-order valence-corrected chi connectivity index (χ2v) is 3.11. The lowest BCUT2D eigenvalue weighted by Gasteiger charge is -2.39. The van der Waals surface area contributed by atoms with E-state index < -0.39 is 6.29 Å². The monoisotopic (exact) mass is 206 g/mol. The highest BCUT2D eigenvalue weighted by Gasteiger charge is 2.41. The molecule has 0 aliphatic carbocycles. The van der Waals surface area contributed by atoms with Crippen molar-refractivity contribution >= 4 is 0 Å². The minimum atomic E-state index is -0.392. The molecule has 0 aromatic heterocycles. The third-order valence-electron chi connectivity index (χ3n) is 2.46. The van der Waals surface area contributed by atoms with Gasteiger partial charge in [0.25, 0.3) is 0 Å². The van der Waals surface area contributed by atoms with Gasteiger partial charge >= 0.3 is 0 Å². The van der Waals surface area contributed by atoms with Gasteiger partial charge < -0.3 is 23.7 Å². The maximum absolute atomic E-state index is 5.41. The van der Waals surface area contributed by atoms with Gasteiger partial charge in [0.1, 0.15) is 18.3 Å². The summed E-state index contributed by atoms with van der Waals surface area (Å²) >= 11 is 0. The zero-order valence-electron chi connectivity index (χ0n) is 9.06. The van der Waals surface area contributed by atoms with Crippen molar-refractivity contribution in [1.29, 1.82) is 0 Å². The van der Waals surface area contributed by atoms with Crippen molar-refractivity contribution in [3.05, 3.63) is 0 Å². The fourth-order valence-electron chi connectivity index (χ4n) is 1.68. The molecule has 1 rings (SSSR count). The van der Waals surface area contributed by atoms with Gasteiger partial charge in [-0.1, -0.05) is 0 Å². The van der Waals surface area contributed by atoms with Gasteiger partial charge in [-0.2, -0.15) is 0 Å². The highest BCUT2D eigenvalue weighted by molar-refractivity contribution is 4.85. The van der Waals surface area contributed by atoms with Crippen molar-refractivity contribution < 1.29 is 23.7 Å². The Morgan fingerprint density at radius 1 is 0.857 bits per heavy atom. The Labute approximate surface area is 84.2 Å². The summed E-state index contributed by atoms with van der Waals surface area (Å²) in [7, 11) is 6.43. The third kappa shape index (κ3) is 2.24. The predicted molar refractivity (Wildman–Crippen MR) is 49.1 cm³/mol. The zero-order chi connectivity index (χ0) is 10.6. The molecular formula is C9H18O5. The van der Waals surface area contributed by atoms with Crippen LogP contribution in [0.1, 0.15) is 0 Å². The Morgan fingerprint density at radius 3 is 1.93 bits per heavy atom. The van der Waals surface area contributed by atoms with Crippen molar-refractivity contribution in [3.8, 4) is 0 Å². The first-order valence-electron chi connectivity index (χ1n) is 4.51. The van der Waals surface area contributed by atoms with Crippen LogP contribution in [0.25, 0.3) is 0 Å². The average molecular weight is 206 g/mol. The van der Waals surface area contributed by atoms with Crippen molar-refractivity contribution in [2.75, 3.05) is 35.0 Å². The van der Waals surface area contributed by atoms with Gasteiger partial charge in [-0.15, -0.1) is 0 Å². The van der Waals surface area contributed by atoms with Crippen LogP contribution >= 0.6 is 0 Å². The fourth-order valence-corrected chi connectivity index (χ4v) is 1.68. The molecule has 0 amide bonds. The maximum atomic E-state index is 5.41. The van der Waals surface area contributed by atoms with Crippen molar-refractivity contribution in [2.45, 2.75) is 24.6 Å². The van der Waals surface area contributed by atoms with Gasteiger partial charge in [0, 0.05) is 28.4 Å². The first kappa shape index (κ1) is 11.9. The minimum absolute atomic E-state index is 0.114. The molecule has 1 fully saturated rings. The number of methoxy groups -OCH3 is 4. The molecular weight excluding hydrogens is 188 g/mol. The van der Waals surface area contributed by atoms with Crippen molar-refractivity contribution in [1.82, 2.24) is 0 Å². The van der Waals surface area contributed by atoms with Crippen molar-refractivity contribution in [3.63, 3.8) is 0 Å². The SMILES string of the molecule is CO[C@@H]1OC[C@H](OC)[C@H](OC)[C@H]1OC. The molecule has 0 saturated carbocycles. The summed E-state index contributed by atoms with van der Waals surface area (Å²) in [5.74, 6) is 0. The van der Waals surface area contributed by atoms with Gasteiger partial charge in [-0.3, -0.25) is 0 Å². The lowest BCUT2D eigenvalue weighted by Crippen LogP contribution is -2.55. The fraction of sp³-hybridized carbons (Fsp3) is 1.00. The van der Waals surface area contributed by atoms with Gasteiger partial charge in [-0.05, 0) is 0 Å². The van der Waals surface area contributed by atoms with Crippen LogP contribution in [0.15, 0.2) is 0 Å². The largest absolute Gasteiger partial charge is 0.376 e. The molecule has 1 aliphatic heterocycles. The standard InChI is InChI=1S/C9H18O5/c1-10-6-5-14-9(13-4)8(12-3)7(6)11-2/h6-9H,5H2,1-4H3/t6-,7-,8+,9+/m0/s1. The van der Waals surface area contributed by atoms with Gasteiger partial charge in [0.15, 0.2) is 6.29 Å². The zero-order valence-corrected chi connectivity index (χ0v) is 9.06. The molecule has 4 atom stereocenters. The Bertz CT molecular complexity index is 145. The molecule has 14 heavy (non-hydrogen) atoms. The van der Waals surface area contributed by atoms with Crippen molar-refractivity contribution in [2.24, 2.45) is 0 Å². The molecule has 0 spiro atoms. The number of hydrogen-bond acceptors (Lipinski definition) is 5. The molecule has 5 heteroatoms. The Morgan fingerprint density at radius 2 is 1.50 bits per heavy atom. The molecule has 0 unspecified atom stereocenters. The summed E-state index contributed by atoms with van der Waals surface area (Å²) in [6.07, 6.45) is -0.930. The summed E-state index contributed by atoms with van der Waals surface area (Å²) in [4.78, 5) is 0. The molecule has 1 aliphatic rings. The van der Waals surface area contributed by atoms with E-state index in [1.807, 2.05) is 0 Å². The quantitative estimate of drug-likeness (QED) is 0.649. The Hall–Kier alpha value is -0.200. The average Bonchev–Trinajstić information content (AvgIpc) is 2.26. The second kappa shape index (κ2) is 5.63. The van der Waals surface area contributed by atoms with Crippen LogP contribution in [0, 0.1) is 0 Å². The van der Waals surface area contributed by atoms with Crippen LogP contribution < -0.4 is 0 Å². The van der Waals surface area contributed by atoms with E-state index in [2.05, 4.69) is 0 Å². The number of rotatable bonds is 4. The first-order valence-corrected chi connectivity index (χ1v) is 4.51. The van der Waals surface area contributed by atoms with Crippen LogP contribution in [-0.4, -0.2) is 59.6 Å². The summed E-state index contributed by atoms with van der Waals surface area (Å²) in [6.45, 7) is 0.452. The third-order valence-corrected chi connectivity index (χ3v) is 2.46. The lowest BCUT2D eigenvalue weighted by molar-refractivity contribution is -0.276. The van der Waals surface area contributed by atoms with Crippen LogP contribution in [0.3, 0.4) is 0 Å². The Balaban J connectivity index is 2.67. The van der Waals surface area contributed by atoms with Crippen LogP contribution in [0.4, 0.5) is 0 Å². The van der Waals surface area contributed by atoms with Gasteiger partial charge in [-0.25, -0.2) is 0 Å². The topological polar surface area (TPSA) is 46.2 Å². The van der Waals surface area contributed by atoms with E-state index in [9.17, 15) is 0 Å². The molecule has 0 aromatic carbocycles. The molecule has 0 bridgehead atoms. The summed E-state index contributed by atoms with van der Waals surface area (Å²) in [5, 5.41) is 0. The second-order valence-electron chi connectivity index (χ2n) is 3.11. The van der Waals surface area contributed by atoms with E-state index in [1.54, 1.807) is 28.4 Å². The highest BCUT2D eigenvalue weighted by Crippen LogP contribution is 2.22. The molecule has 1 heterocycles. The van der Waals surface area contributed by atoms with E-state index in [-0.39, 0.29) is 18.3 Å². The van der Waals surface area contributed by atoms with E-state index in [0.717, 1.165) is 0 Å². The molecule has 1 saturated heterocycles. The summed E-state index contributed by atoms with van der Waals surface area (Å²) < 4.78 is 26.4. The van der Waals surface area contributed by atoms with E-state index in [4.69, 9.17) is 23.7 Å². The molecule has 84 valence electrons. The predicted octanol–water partition coefficient (Wildman–Crippen LogP) is 0.0341. The Kier molecular flexibility index (Phi) is 4.77. The minimum Gasteiger partial charge on any atom is -0.376 e. The van der Waals surface area contributed by atoms with Gasteiger partial charge in [0.05, 0.1) is 6.61 Å². The summed E-state index contributed by atoms with van der Waals surface area (Å²) in [5.41, 5.74) is 0. The van der Waals surface area contributed by atoms with Gasteiger partial charge in [0.2, 0.25) is 0 Å². The number of ether oxygens (including phenoxy) is 5. The lowest BCUT2D eigenvalue weighted by atomic mass is 10.0. The molecule has 0 N–H and O–H groups in total. The first-order chi connectivity index (χ1) is 6.78. The number of hydrogen-bond donors (Lipinski definition) is 0. The van der Waals surface area contributed by atoms with Crippen LogP contribution in [0.2, 0.25) is 0 Å². The van der Waals surface area contributed by atoms with Crippen LogP contribution in [-0.2, 0) is 23.7 Å². The molecule has 0 aromatic rings. The highest BCUT2D eigenvalue weighted by atomic mass is 16.7. The maximum Gasteiger partial charge on any atom is 0.186 e. The smallest absolute Gasteiger partial charge is 0.186 e. The van der Waals surface area contributed by atoms with Crippen LogP contribution in [0.5, 0.6) is 0 Å². The van der Waals surface area contributed by atoms with E-state index >= 15 is 0 Å².